The molecule has 1 N–H and O–H groups in total. The molecule has 6 nitrogen and oxygen atoms in total. The van der Waals surface area contributed by atoms with Gasteiger partial charge in [-0.15, -0.1) is 5.10 Å². The van der Waals surface area contributed by atoms with Crippen LogP contribution in [0.15, 0.2) is 35.3 Å². The van der Waals surface area contributed by atoms with Crippen molar-refractivity contribution in [2.45, 2.75) is 6.92 Å². The number of hydrogen-bond donors (Lipinski definition) is 1. The minimum absolute atomic E-state index is 0.0945. The first-order valence-electron chi connectivity index (χ1n) is 5.65. The maximum absolute atomic E-state index is 11.5. The van der Waals surface area contributed by atoms with E-state index in [0.717, 1.165) is 11.0 Å². The molecule has 0 spiro atoms. The fourth-order valence-electron chi connectivity index (χ4n) is 2.01. The van der Waals surface area contributed by atoms with Gasteiger partial charge >= 0.3 is 0 Å². The molecule has 0 amide bonds. The highest BCUT2D eigenvalue weighted by Crippen LogP contribution is 2.18. The van der Waals surface area contributed by atoms with Crippen molar-refractivity contribution in [2.24, 2.45) is 0 Å². The third-order valence-electron chi connectivity index (χ3n) is 3.02. The standard InChI is InChI=1S/C13H9N5O/c1-8-9(6-14)13(19)15-7-12(8)18-11-5-3-2-4-10(11)16-17-18/h2-5,7H,1H3,(H,15,19). The summed E-state index contributed by atoms with van der Waals surface area (Å²) in [5.41, 5.74) is 2.50. The molecule has 0 aliphatic heterocycles. The van der Waals surface area contributed by atoms with Gasteiger partial charge in [0.05, 0.1) is 11.2 Å². The van der Waals surface area contributed by atoms with Gasteiger partial charge in [0, 0.05) is 6.20 Å². The Kier molecular flexibility index (Phi) is 2.39. The lowest BCUT2D eigenvalue weighted by Gasteiger charge is -2.06. The number of pyridine rings is 1. The van der Waals surface area contributed by atoms with E-state index in [-0.39, 0.29) is 5.56 Å². The van der Waals surface area contributed by atoms with Gasteiger partial charge in [-0.25, -0.2) is 4.68 Å². The molecule has 19 heavy (non-hydrogen) atoms. The predicted molar refractivity (Wildman–Crippen MR) is 68.9 cm³/mol. The number of aromatic amines is 1. The smallest absolute Gasteiger partial charge is 0.266 e. The van der Waals surface area contributed by atoms with Gasteiger partial charge in [-0.05, 0) is 24.6 Å². The van der Waals surface area contributed by atoms with Crippen LogP contribution in [0.25, 0.3) is 16.7 Å². The number of nitrogens with zero attached hydrogens (tertiary/aromatic N) is 4. The SMILES string of the molecule is Cc1c(-n2nnc3ccccc32)c[nH]c(=O)c1C#N. The molecule has 2 heterocycles. The lowest BCUT2D eigenvalue weighted by molar-refractivity contribution is 0.812. The summed E-state index contributed by atoms with van der Waals surface area (Å²) in [7, 11) is 0. The first kappa shape index (κ1) is 11.2. The van der Waals surface area contributed by atoms with Crippen molar-refractivity contribution in [2.75, 3.05) is 0 Å². The molecule has 92 valence electrons. The third-order valence-corrected chi connectivity index (χ3v) is 3.02. The van der Waals surface area contributed by atoms with Crippen LogP contribution in [0.4, 0.5) is 0 Å². The highest BCUT2D eigenvalue weighted by Gasteiger charge is 2.13. The lowest BCUT2D eigenvalue weighted by Crippen LogP contribution is -2.14. The summed E-state index contributed by atoms with van der Waals surface area (Å²) in [6.07, 6.45) is 1.54. The lowest BCUT2D eigenvalue weighted by atomic mass is 10.1. The number of rotatable bonds is 1. The minimum Gasteiger partial charge on any atom is -0.326 e. The van der Waals surface area contributed by atoms with Gasteiger partial charge in [0.2, 0.25) is 0 Å². The molecule has 3 rings (SSSR count). The summed E-state index contributed by atoms with van der Waals surface area (Å²) in [5, 5.41) is 17.1. The molecule has 2 aromatic heterocycles. The maximum atomic E-state index is 11.5. The molecule has 0 saturated heterocycles. The van der Waals surface area contributed by atoms with Crippen LogP contribution in [0.1, 0.15) is 11.1 Å². The van der Waals surface area contributed by atoms with E-state index >= 15 is 0 Å². The molecular formula is C13H9N5O. The zero-order chi connectivity index (χ0) is 13.4. The summed E-state index contributed by atoms with van der Waals surface area (Å²) >= 11 is 0. The van der Waals surface area contributed by atoms with Crippen LogP contribution in [0, 0.1) is 18.3 Å². The predicted octanol–water partition coefficient (Wildman–Crippen LogP) is 1.29. The molecule has 0 bridgehead atoms. The molecule has 0 unspecified atom stereocenters. The van der Waals surface area contributed by atoms with Crippen molar-refractivity contribution in [3.05, 3.63) is 51.9 Å². The second-order valence-corrected chi connectivity index (χ2v) is 4.10. The van der Waals surface area contributed by atoms with Gasteiger partial charge in [-0.2, -0.15) is 5.26 Å². The average Bonchev–Trinajstić information content (AvgIpc) is 2.83. The van der Waals surface area contributed by atoms with E-state index in [2.05, 4.69) is 15.3 Å². The average molecular weight is 251 g/mol. The topological polar surface area (TPSA) is 87.4 Å². The van der Waals surface area contributed by atoms with Crippen molar-refractivity contribution in [1.29, 1.82) is 5.26 Å². The van der Waals surface area contributed by atoms with Gasteiger partial charge in [-0.1, -0.05) is 17.3 Å². The van der Waals surface area contributed by atoms with Gasteiger partial charge in [0.1, 0.15) is 17.1 Å². The molecule has 0 radical (unpaired) electrons. The molecule has 0 fully saturated rings. The number of para-hydroxylation sites is 1. The van der Waals surface area contributed by atoms with E-state index < -0.39 is 5.56 Å². The number of fused-ring (bicyclic) bond motifs is 1. The Labute approximate surface area is 107 Å². The maximum Gasteiger partial charge on any atom is 0.266 e. The Morgan fingerprint density at radius 3 is 2.95 bits per heavy atom. The number of nitriles is 1. The summed E-state index contributed by atoms with van der Waals surface area (Å²) in [6.45, 7) is 1.72. The second kappa shape index (κ2) is 4.07. The Bertz CT molecular complexity index is 869. The van der Waals surface area contributed by atoms with Gasteiger partial charge in [0.25, 0.3) is 5.56 Å². The van der Waals surface area contributed by atoms with Crippen molar-refractivity contribution in [3.8, 4) is 11.8 Å². The third kappa shape index (κ3) is 1.60. The fourth-order valence-corrected chi connectivity index (χ4v) is 2.01. The van der Waals surface area contributed by atoms with Crippen LogP contribution < -0.4 is 5.56 Å². The van der Waals surface area contributed by atoms with E-state index in [0.29, 0.717) is 11.3 Å². The second-order valence-electron chi connectivity index (χ2n) is 4.10. The van der Waals surface area contributed by atoms with Crippen molar-refractivity contribution >= 4 is 11.0 Å². The van der Waals surface area contributed by atoms with E-state index in [1.54, 1.807) is 17.8 Å². The molecule has 0 aliphatic carbocycles. The quantitative estimate of drug-likeness (QED) is 0.705. The van der Waals surface area contributed by atoms with E-state index in [9.17, 15) is 4.79 Å². The Morgan fingerprint density at radius 2 is 2.16 bits per heavy atom. The monoisotopic (exact) mass is 251 g/mol. The fraction of sp³-hybridized carbons (Fsp3) is 0.0769. The van der Waals surface area contributed by atoms with Crippen molar-refractivity contribution < 1.29 is 0 Å². The van der Waals surface area contributed by atoms with Crippen LogP contribution in [0.3, 0.4) is 0 Å². The Morgan fingerprint density at radius 1 is 1.37 bits per heavy atom. The molecule has 0 saturated carbocycles. The zero-order valence-electron chi connectivity index (χ0n) is 10.1. The number of benzene rings is 1. The summed E-state index contributed by atoms with van der Waals surface area (Å²) in [6, 6.07) is 9.40. The van der Waals surface area contributed by atoms with Crippen LogP contribution in [-0.2, 0) is 0 Å². The van der Waals surface area contributed by atoms with Crippen molar-refractivity contribution in [3.63, 3.8) is 0 Å². The molecule has 1 aromatic carbocycles. The summed E-state index contributed by atoms with van der Waals surface area (Å²) < 4.78 is 1.61. The van der Waals surface area contributed by atoms with Crippen LogP contribution >= 0.6 is 0 Å². The van der Waals surface area contributed by atoms with Crippen LogP contribution in [0.5, 0.6) is 0 Å². The zero-order valence-corrected chi connectivity index (χ0v) is 10.1. The Hall–Kier alpha value is -2.94. The van der Waals surface area contributed by atoms with E-state index in [1.807, 2.05) is 30.3 Å². The molecule has 0 aliphatic rings. The first-order valence-corrected chi connectivity index (χ1v) is 5.65. The first-order chi connectivity index (χ1) is 9.22. The van der Waals surface area contributed by atoms with Crippen LogP contribution in [-0.4, -0.2) is 20.0 Å². The van der Waals surface area contributed by atoms with Gasteiger partial charge in [-0.3, -0.25) is 4.79 Å². The molecule has 0 atom stereocenters. The Balaban J connectivity index is 2.35. The minimum atomic E-state index is -0.395. The number of nitrogens with one attached hydrogen (secondary N) is 1. The van der Waals surface area contributed by atoms with Gasteiger partial charge in [0.15, 0.2) is 0 Å². The normalized spacial score (nSPS) is 10.5. The molecule has 6 heteroatoms. The molecule has 3 aromatic rings. The number of aromatic nitrogens is 4. The van der Waals surface area contributed by atoms with Crippen LogP contribution in [0.2, 0.25) is 0 Å². The summed E-state index contributed by atoms with van der Waals surface area (Å²) in [4.78, 5) is 14.1. The van der Waals surface area contributed by atoms with Crippen molar-refractivity contribution in [1.82, 2.24) is 20.0 Å². The number of hydrogen-bond acceptors (Lipinski definition) is 4. The van der Waals surface area contributed by atoms with E-state index in [4.69, 9.17) is 5.26 Å². The largest absolute Gasteiger partial charge is 0.326 e. The highest BCUT2D eigenvalue weighted by atomic mass is 16.1. The highest BCUT2D eigenvalue weighted by molar-refractivity contribution is 5.76. The summed E-state index contributed by atoms with van der Waals surface area (Å²) in [5.74, 6) is 0. The van der Waals surface area contributed by atoms with Gasteiger partial charge < -0.3 is 4.98 Å². The number of H-pyrrole nitrogens is 1. The van der Waals surface area contributed by atoms with E-state index in [1.165, 1.54) is 0 Å². The molecular weight excluding hydrogens is 242 g/mol.